The van der Waals surface area contributed by atoms with Crippen LogP contribution in [0.15, 0.2) is 42.5 Å². The summed E-state index contributed by atoms with van der Waals surface area (Å²) in [4.78, 5) is 24.5. The lowest BCUT2D eigenvalue weighted by Crippen LogP contribution is -2.65. The number of hydrogen-bond acceptors (Lipinski definition) is 14. The van der Waals surface area contributed by atoms with E-state index in [0.29, 0.717) is 0 Å². The molecule has 43 heavy (non-hydrogen) atoms. The molecule has 0 aromatic heterocycles. The van der Waals surface area contributed by atoms with E-state index in [1.54, 1.807) is 24.3 Å². The lowest BCUT2D eigenvalue weighted by atomic mass is 9.95. The summed E-state index contributed by atoms with van der Waals surface area (Å²) in [7, 11) is 0. The van der Waals surface area contributed by atoms with Gasteiger partial charge in [0.2, 0.25) is 6.29 Å². The summed E-state index contributed by atoms with van der Waals surface area (Å²) < 4.78 is 34.0. The highest BCUT2D eigenvalue weighted by atomic mass is 16.8. The van der Waals surface area contributed by atoms with Gasteiger partial charge in [-0.15, -0.1) is 0 Å². The van der Waals surface area contributed by atoms with Crippen molar-refractivity contribution in [2.75, 3.05) is 6.61 Å². The molecule has 6 N–H and O–H groups in total. The maximum atomic E-state index is 12.9. The van der Waals surface area contributed by atoms with Crippen LogP contribution in [-0.4, -0.2) is 110 Å². The van der Waals surface area contributed by atoms with Crippen molar-refractivity contribution in [3.63, 3.8) is 0 Å². The molecular formula is C29H34O14. The molecule has 11 atom stereocenters. The van der Waals surface area contributed by atoms with Crippen LogP contribution in [0.2, 0.25) is 0 Å². The third kappa shape index (κ3) is 6.32. The van der Waals surface area contributed by atoms with Gasteiger partial charge in [0.05, 0.1) is 19.1 Å². The number of fused-ring (bicyclic) bond motifs is 1. The molecule has 3 aliphatic heterocycles. The maximum Gasteiger partial charge on any atom is 0.303 e. The number of aliphatic hydroxyl groups is 5. The maximum absolute atomic E-state index is 12.9. The molecule has 3 heterocycles. The number of ketones is 1. The first-order chi connectivity index (χ1) is 20.5. The Hall–Kier alpha value is -3.34. The van der Waals surface area contributed by atoms with Crippen LogP contribution < -0.4 is 9.47 Å². The number of aliphatic hydroxyl groups excluding tert-OH is 5. The van der Waals surface area contributed by atoms with Crippen molar-refractivity contribution >= 4 is 11.8 Å². The molecule has 0 spiro atoms. The van der Waals surface area contributed by atoms with Crippen molar-refractivity contribution in [3.8, 4) is 17.2 Å². The number of phenolic OH excluding ortho intramolecular Hbond substituents is 1. The number of rotatable bonds is 7. The lowest BCUT2D eigenvalue weighted by Gasteiger charge is -2.46. The van der Waals surface area contributed by atoms with Gasteiger partial charge in [-0.1, -0.05) is 30.3 Å². The first kappa shape index (κ1) is 31.1. The van der Waals surface area contributed by atoms with Gasteiger partial charge in [0.25, 0.3) is 0 Å². The zero-order valence-corrected chi connectivity index (χ0v) is 23.3. The fourth-order valence-corrected chi connectivity index (χ4v) is 5.36. The second-order valence-corrected chi connectivity index (χ2v) is 10.7. The van der Waals surface area contributed by atoms with E-state index < -0.39 is 85.8 Å². The fourth-order valence-electron chi connectivity index (χ4n) is 5.36. The number of ether oxygens (including phenoxy) is 6. The van der Waals surface area contributed by atoms with Crippen LogP contribution in [-0.2, 0) is 23.7 Å². The highest BCUT2D eigenvalue weighted by Gasteiger charge is 2.52. The summed E-state index contributed by atoms with van der Waals surface area (Å²) in [5, 5.41) is 63.1. The largest absolute Gasteiger partial charge is 0.507 e. The minimum absolute atomic E-state index is 0.000139. The number of carbonyl (C=O) groups excluding carboxylic acids is 2. The molecule has 2 fully saturated rings. The second kappa shape index (κ2) is 12.7. The molecule has 0 unspecified atom stereocenters. The molecule has 0 radical (unpaired) electrons. The SMILES string of the molecule is CC(=O)O[C@@H]1[C@@H](O)[C@H](C)O[C@@H](O[C@H]2[C@H](Oc3cc(O)c4c(c3)O[C@H](c3ccccc3)CC4=O)O[C@H](CO)[C@@H](O)[C@@H]2O)[C@@H]1O. The Bertz CT molecular complexity index is 1300. The summed E-state index contributed by atoms with van der Waals surface area (Å²) in [5.74, 6) is -1.61. The third-order valence-corrected chi connectivity index (χ3v) is 7.60. The average molecular weight is 607 g/mol. The van der Waals surface area contributed by atoms with Gasteiger partial charge in [0.15, 0.2) is 24.3 Å². The number of hydrogen-bond donors (Lipinski definition) is 6. The Morgan fingerprint density at radius 1 is 0.953 bits per heavy atom. The van der Waals surface area contributed by atoms with Gasteiger partial charge < -0.3 is 59.1 Å². The van der Waals surface area contributed by atoms with Crippen LogP contribution in [0.1, 0.15) is 42.3 Å². The minimum Gasteiger partial charge on any atom is -0.507 e. The average Bonchev–Trinajstić information content (AvgIpc) is 2.97. The zero-order chi connectivity index (χ0) is 31.0. The van der Waals surface area contributed by atoms with Crippen molar-refractivity contribution in [2.45, 2.75) is 87.8 Å². The second-order valence-electron chi connectivity index (χ2n) is 10.7. The van der Waals surface area contributed by atoms with Gasteiger partial charge in [-0.05, 0) is 12.5 Å². The smallest absolute Gasteiger partial charge is 0.303 e. The van der Waals surface area contributed by atoms with Crippen molar-refractivity contribution in [1.29, 1.82) is 0 Å². The molecule has 3 aliphatic rings. The van der Waals surface area contributed by atoms with Crippen LogP contribution in [0.4, 0.5) is 0 Å². The number of benzene rings is 2. The predicted octanol–water partition coefficient (Wildman–Crippen LogP) is -0.300. The molecular weight excluding hydrogens is 572 g/mol. The predicted molar refractivity (Wildman–Crippen MR) is 142 cm³/mol. The summed E-state index contributed by atoms with van der Waals surface area (Å²) >= 11 is 0. The fraction of sp³-hybridized carbons (Fsp3) is 0.517. The summed E-state index contributed by atoms with van der Waals surface area (Å²) in [6, 6.07) is 11.5. The van der Waals surface area contributed by atoms with Gasteiger partial charge >= 0.3 is 5.97 Å². The van der Waals surface area contributed by atoms with Crippen molar-refractivity contribution in [2.24, 2.45) is 0 Å². The first-order valence-electron chi connectivity index (χ1n) is 13.7. The monoisotopic (exact) mass is 606 g/mol. The Morgan fingerprint density at radius 2 is 1.67 bits per heavy atom. The highest BCUT2D eigenvalue weighted by molar-refractivity contribution is 6.02. The van der Waals surface area contributed by atoms with Gasteiger partial charge in [-0.3, -0.25) is 9.59 Å². The molecule has 2 aromatic rings. The van der Waals surface area contributed by atoms with Crippen LogP contribution in [0.25, 0.3) is 0 Å². The quantitative estimate of drug-likeness (QED) is 0.224. The van der Waals surface area contributed by atoms with Crippen molar-refractivity contribution < 1.29 is 68.6 Å². The van der Waals surface area contributed by atoms with E-state index in [9.17, 15) is 40.2 Å². The number of esters is 1. The van der Waals surface area contributed by atoms with Crippen LogP contribution in [0, 0.1) is 0 Å². The van der Waals surface area contributed by atoms with Gasteiger partial charge in [-0.2, -0.15) is 0 Å². The standard InChI is InChI=1S/C29H34O14/c1-12-22(34)26(39-13(2)31)25(37)28(38-12)43-27-24(36)23(35)20(11-30)42-29(27)40-15-8-16(32)21-17(33)10-18(41-19(21)9-15)14-6-4-3-5-7-14/h3-9,12,18,20,22-30,32,34-37H,10-11H2,1-2H3/t12-,18-,20+,22-,23+,24-,25+,26+,27+,28-,29+/m0/s1. The molecule has 0 bridgehead atoms. The van der Waals surface area contributed by atoms with E-state index in [2.05, 4.69) is 0 Å². The summed E-state index contributed by atoms with van der Waals surface area (Å²) in [6.07, 6.45) is -15.7. The van der Waals surface area contributed by atoms with Crippen LogP contribution in [0.5, 0.6) is 17.2 Å². The number of aromatic hydroxyl groups is 1. The molecule has 14 nitrogen and oxygen atoms in total. The molecule has 2 saturated heterocycles. The van der Waals surface area contributed by atoms with Crippen molar-refractivity contribution in [3.05, 3.63) is 53.6 Å². The van der Waals surface area contributed by atoms with Gasteiger partial charge in [0.1, 0.15) is 59.4 Å². The van der Waals surface area contributed by atoms with Crippen molar-refractivity contribution in [1.82, 2.24) is 0 Å². The highest BCUT2D eigenvalue weighted by Crippen LogP contribution is 2.42. The Labute approximate surface area is 245 Å². The zero-order valence-electron chi connectivity index (χ0n) is 23.3. The van der Waals surface area contributed by atoms with Gasteiger partial charge in [-0.25, -0.2) is 0 Å². The van der Waals surface area contributed by atoms with Crippen LogP contribution in [0.3, 0.4) is 0 Å². The summed E-state index contributed by atoms with van der Waals surface area (Å²) in [6.45, 7) is 1.83. The Morgan fingerprint density at radius 3 is 2.35 bits per heavy atom. The first-order valence-corrected chi connectivity index (χ1v) is 13.7. The summed E-state index contributed by atoms with van der Waals surface area (Å²) in [5.41, 5.74) is 0.708. The molecule has 2 aromatic carbocycles. The Kier molecular flexibility index (Phi) is 9.20. The number of carbonyl (C=O) groups is 2. The minimum atomic E-state index is -1.76. The molecule has 234 valence electrons. The molecule has 14 heteroatoms. The van der Waals surface area contributed by atoms with Crippen LogP contribution >= 0.6 is 0 Å². The number of Topliss-reactive ketones (excluding diaryl/α,β-unsaturated/α-hetero) is 1. The van der Waals surface area contributed by atoms with E-state index >= 15 is 0 Å². The molecule has 5 rings (SSSR count). The molecule has 0 saturated carbocycles. The normalized spacial score (nSPS) is 35.9. The van der Waals surface area contributed by atoms with E-state index in [-0.39, 0.29) is 29.3 Å². The topological polar surface area (TPSA) is 211 Å². The molecule has 0 aliphatic carbocycles. The van der Waals surface area contributed by atoms with E-state index in [0.717, 1.165) is 18.6 Å². The molecule has 0 amide bonds. The van der Waals surface area contributed by atoms with E-state index in [4.69, 9.17) is 28.4 Å². The van der Waals surface area contributed by atoms with E-state index in [1.807, 2.05) is 6.07 Å². The number of phenols is 1. The van der Waals surface area contributed by atoms with E-state index in [1.165, 1.54) is 13.0 Å². The Balaban J connectivity index is 1.41. The lowest BCUT2D eigenvalue weighted by molar-refractivity contribution is -0.355. The van der Waals surface area contributed by atoms with Gasteiger partial charge in [0, 0.05) is 19.1 Å². The third-order valence-electron chi connectivity index (χ3n) is 7.60.